The molecule has 94 valence electrons. The third-order valence-electron chi connectivity index (χ3n) is 1.71. The highest BCUT2D eigenvalue weighted by molar-refractivity contribution is 5.64. The number of carbonyl (C=O) groups is 1. The highest BCUT2D eigenvalue weighted by atomic mass is 19.3. The van der Waals surface area contributed by atoms with Gasteiger partial charge in [0.2, 0.25) is 5.88 Å². The van der Waals surface area contributed by atoms with Gasteiger partial charge >= 0.3 is 12.7 Å². The average molecular weight is 247 g/mol. The fraction of sp³-hybridized carbons (Fsp3) is 0.444. The van der Waals surface area contributed by atoms with Crippen molar-refractivity contribution in [1.82, 2.24) is 15.3 Å². The van der Waals surface area contributed by atoms with Gasteiger partial charge in [-0.25, -0.2) is 9.78 Å². The van der Waals surface area contributed by atoms with Gasteiger partial charge in [0.1, 0.15) is 5.82 Å². The van der Waals surface area contributed by atoms with Crippen LogP contribution < -0.4 is 10.1 Å². The van der Waals surface area contributed by atoms with E-state index in [1.165, 1.54) is 6.07 Å². The Morgan fingerprint density at radius 2 is 2.29 bits per heavy atom. The summed E-state index contributed by atoms with van der Waals surface area (Å²) in [5.41, 5.74) is 0.473. The van der Waals surface area contributed by atoms with Crippen LogP contribution >= 0.6 is 0 Å². The molecule has 2 N–H and O–H groups in total. The van der Waals surface area contributed by atoms with Crippen molar-refractivity contribution in [3.63, 3.8) is 0 Å². The van der Waals surface area contributed by atoms with Gasteiger partial charge in [-0.15, -0.1) is 0 Å². The van der Waals surface area contributed by atoms with Crippen molar-refractivity contribution < 1.29 is 23.4 Å². The topological polar surface area (TPSA) is 84.3 Å². The molecule has 1 aromatic rings. The van der Waals surface area contributed by atoms with Gasteiger partial charge in [0.15, 0.2) is 0 Å². The van der Waals surface area contributed by atoms with E-state index in [0.717, 1.165) is 0 Å². The van der Waals surface area contributed by atoms with Crippen molar-refractivity contribution in [1.29, 1.82) is 0 Å². The summed E-state index contributed by atoms with van der Waals surface area (Å²) in [7, 11) is 0. The number of rotatable bonds is 5. The summed E-state index contributed by atoms with van der Waals surface area (Å²) in [6, 6.07) is 1.28. The first-order valence-corrected chi connectivity index (χ1v) is 4.73. The zero-order valence-corrected chi connectivity index (χ0v) is 8.98. The lowest BCUT2D eigenvalue weighted by Crippen LogP contribution is -2.24. The maximum atomic E-state index is 12.0. The van der Waals surface area contributed by atoms with Crippen molar-refractivity contribution in [2.24, 2.45) is 0 Å². The number of amides is 1. The second-order valence-electron chi connectivity index (χ2n) is 3.12. The van der Waals surface area contributed by atoms with Crippen LogP contribution in [0.3, 0.4) is 0 Å². The number of hydrogen-bond donors (Lipinski definition) is 2. The second kappa shape index (κ2) is 5.92. The Bertz CT molecular complexity index is 401. The molecule has 0 bridgehead atoms. The smallest absolute Gasteiger partial charge is 0.404 e. The molecule has 0 aliphatic rings. The largest absolute Gasteiger partial charge is 0.465 e. The van der Waals surface area contributed by atoms with Crippen LogP contribution in [0.4, 0.5) is 13.6 Å². The molecule has 0 aliphatic carbocycles. The predicted octanol–water partition coefficient (Wildman–Crippen LogP) is 1.20. The molecule has 0 saturated carbocycles. The number of aryl methyl sites for hydroxylation is 1. The van der Waals surface area contributed by atoms with E-state index in [-0.39, 0.29) is 24.7 Å². The van der Waals surface area contributed by atoms with Crippen molar-refractivity contribution in [3.05, 3.63) is 17.6 Å². The van der Waals surface area contributed by atoms with E-state index >= 15 is 0 Å². The zero-order chi connectivity index (χ0) is 12.8. The number of aromatic nitrogens is 2. The van der Waals surface area contributed by atoms with Crippen LogP contribution in [0, 0.1) is 6.92 Å². The van der Waals surface area contributed by atoms with Crippen LogP contribution in [0.1, 0.15) is 11.5 Å². The van der Waals surface area contributed by atoms with Crippen molar-refractivity contribution in [2.45, 2.75) is 20.0 Å². The maximum absolute atomic E-state index is 12.0. The summed E-state index contributed by atoms with van der Waals surface area (Å²) in [6.45, 7) is -1.24. The van der Waals surface area contributed by atoms with Gasteiger partial charge in [-0.05, 0) is 6.92 Å². The molecule has 8 heteroatoms. The van der Waals surface area contributed by atoms with Gasteiger partial charge in [0.05, 0.1) is 0 Å². The first-order chi connectivity index (χ1) is 7.97. The predicted molar refractivity (Wildman–Crippen MR) is 53.1 cm³/mol. The normalized spacial score (nSPS) is 10.4. The number of nitrogens with one attached hydrogen (secondary N) is 1. The monoisotopic (exact) mass is 247 g/mol. The number of nitrogens with zero attached hydrogens (tertiary/aromatic N) is 2. The van der Waals surface area contributed by atoms with E-state index in [1.807, 2.05) is 0 Å². The molecular formula is C9H11F2N3O3. The summed E-state index contributed by atoms with van der Waals surface area (Å²) in [6.07, 6.45) is -0.963. The molecule has 1 amide bonds. The first kappa shape index (κ1) is 13.1. The first-order valence-electron chi connectivity index (χ1n) is 4.73. The Labute approximate surface area is 95.6 Å². The Morgan fingerprint density at radius 3 is 2.88 bits per heavy atom. The molecule has 17 heavy (non-hydrogen) atoms. The average Bonchev–Trinajstić information content (AvgIpc) is 2.14. The molecule has 0 saturated heterocycles. The van der Waals surface area contributed by atoms with E-state index in [0.29, 0.717) is 5.69 Å². The lowest BCUT2D eigenvalue weighted by atomic mass is 10.3. The van der Waals surface area contributed by atoms with Gasteiger partial charge < -0.3 is 15.2 Å². The van der Waals surface area contributed by atoms with Crippen LogP contribution in [0.25, 0.3) is 0 Å². The van der Waals surface area contributed by atoms with Crippen LogP contribution in [-0.2, 0) is 6.42 Å². The maximum Gasteiger partial charge on any atom is 0.404 e. The summed E-state index contributed by atoms with van der Waals surface area (Å²) >= 11 is 0. The molecule has 0 atom stereocenters. The fourth-order valence-electron chi connectivity index (χ4n) is 1.14. The fourth-order valence-corrected chi connectivity index (χ4v) is 1.14. The molecule has 0 spiro atoms. The standard InChI is InChI=1S/C9H11F2N3O3/c1-5-4-7(17-8(10)11)14-6(13-5)2-3-12-9(15)16/h4,8,12H,2-3H2,1H3,(H,15,16). The van der Waals surface area contributed by atoms with E-state index in [4.69, 9.17) is 5.11 Å². The molecule has 0 unspecified atom stereocenters. The Morgan fingerprint density at radius 1 is 1.59 bits per heavy atom. The quantitative estimate of drug-likeness (QED) is 0.816. The highest BCUT2D eigenvalue weighted by Crippen LogP contribution is 2.12. The van der Waals surface area contributed by atoms with Crippen LogP contribution in [0.15, 0.2) is 6.07 Å². The Hall–Kier alpha value is -1.99. The van der Waals surface area contributed by atoms with Crippen LogP contribution in [-0.4, -0.2) is 34.3 Å². The number of hydrogen-bond acceptors (Lipinski definition) is 4. The minimum atomic E-state index is -2.95. The van der Waals surface area contributed by atoms with Crippen LogP contribution in [0.5, 0.6) is 5.88 Å². The summed E-state index contributed by atoms with van der Waals surface area (Å²) in [5.74, 6) is 0.0206. The molecule has 0 aromatic carbocycles. The lowest BCUT2D eigenvalue weighted by Gasteiger charge is -2.06. The van der Waals surface area contributed by atoms with E-state index in [2.05, 4.69) is 20.0 Å². The van der Waals surface area contributed by atoms with Gasteiger partial charge in [0, 0.05) is 24.7 Å². The number of halogens is 2. The van der Waals surface area contributed by atoms with Crippen molar-refractivity contribution >= 4 is 6.09 Å². The third-order valence-corrected chi connectivity index (χ3v) is 1.71. The van der Waals surface area contributed by atoms with Crippen molar-refractivity contribution in [2.75, 3.05) is 6.54 Å². The molecule has 1 aromatic heterocycles. The number of carboxylic acid groups (broad SMARTS) is 1. The molecule has 1 rings (SSSR count). The lowest BCUT2D eigenvalue weighted by molar-refractivity contribution is -0.0530. The number of ether oxygens (including phenoxy) is 1. The van der Waals surface area contributed by atoms with Gasteiger partial charge in [-0.1, -0.05) is 0 Å². The Balaban J connectivity index is 2.65. The molecule has 0 radical (unpaired) electrons. The van der Waals surface area contributed by atoms with E-state index < -0.39 is 12.7 Å². The Kier molecular flexibility index (Phi) is 4.56. The van der Waals surface area contributed by atoms with Gasteiger partial charge in [-0.2, -0.15) is 13.8 Å². The molecule has 0 fully saturated rings. The zero-order valence-electron chi connectivity index (χ0n) is 8.98. The number of alkyl halides is 2. The van der Waals surface area contributed by atoms with E-state index in [9.17, 15) is 13.6 Å². The minimum Gasteiger partial charge on any atom is -0.465 e. The third kappa shape index (κ3) is 5.05. The summed E-state index contributed by atoms with van der Waals surface area (Å²) in [4.78, 5) is 17.9. The molecule has 1 heterocycles. The SMILES string of the molecule is Cc1cc(OC(F)F)nc(CCNC(=O)O)n1. The summed E-state index contributed by atoms with van der Waals surface area (Å²) in [5, 5.41) is 10.5. The highest BCUT2D eigenvalue weighted by Gasteiger charge is 2.08. The minimum absolute atomic E-state index is 0.104. The molecular weight excluding hydrogens is 236 g/mol. The molecule has 0 aliphatic heterocycles. The van der Waals surface area contributed by atoms with Crippen LogP contribution in [0.2, 0.25) is 0 Å². The summed E-state index contributed by atoms with van der Waals surface area (Å²) < 4.78 is 28.1. The van der Waals surface area contributed by atoms with Gasteiger partial charge in [-0.3, -0.25) is 0 Å². The van der Waals surface area contributed by atoms with Crippen molar-refractivity contribution in [3.8, 4) is 5.88 Å². The van der Waals surface area contributed by atoms with Gasteiger partial charge in [0.25, 0.3) is 0 Å². The second-order valence-corrected chi connectivity index (χ2v) is 3.12. The van der Waals surface area contributed by atoms with E-state index in [1.54, 1.807) is 6.92 Å². The molecule has 6 nitrogen and oxygen atoms in total.